The maximum absolute atomic E-state index is 12.3. The molecule has 136 valence electrons. The molecule has 0 aliphatic carbocycles. The van der Waals surface area contributed by atoms with E-state index in [9.17, 15) is 14.4 Å². The quantitative estimate of drug-likeness (QED) is 0.760. The lowest BCUT2D eigenvalue weighted by Crippen LogP contribution is -2.43. The highest BCUT2D eigenvalue weighted by Gasteiger charge is 2.29. The fraction of sp³-hybridized carbons (Fsp3) is 0.588. The number of esters is 1. The van der Waals surface area contributed by atoms with Crippen LogP contribution in [0.2, 0.25) is 0 Å². The highest BCUT2D eigenvalue weighted by atomic mass is 16.5. The molecule has 0 radical (unpaired) electrons. The number of piperidine rings is 1. The van der Waals surface area contributed by atoms with E-state index >= 15 is 0 Å². The predicted molar refractivity (Wildman–Crippen MR) is 89.7 cm³/mol. The lowest BCUT2D eigenvalue weighted by atomic mass is 9.98. The molecule has 2 amide bonds. The number of amides is 2. The molecule has 1 unspecified atom stereocenters. The second-order valence-electron chi connectivity index (χ2n) is 5.98. The molecule has 1 N–H and O–H groups in total. The molecule has 2 heterocycles. The number of nitrogens with zero attached hydrogens (tertiary/aromatic N) is 3. The van der Waals surface area contributed by atoms with E-state index in [1.807, 2.05) is 0 Å². The summed E-state index contributed by atoms with van der Waals surface area (Å²) in [7, 11) is 0. The van der Waals surface area contributed by atoms with Gasteiger partial charge in [0.15, 0.2) is 0 Å². The Kier molecular flexibility index (Phi) is 6.85. The molecule has 0 aromatic carbocycles. The number of nitrogens with one attached hydrogen (secondary N) is 1. The summed E-state index contributed by atoms with van der Waals surface area (Å²) in [5.41, 5.74) is 0.950. The largest absolute Gasteiger partial charge is 0.466 e. The van der Waals surface area contributed by atoms with Crippen molar-refractivity contribution in [3.05, 3.63) is 23.8 Å². The van der Waals surface area contributed by atoms with Gasteiger partial charge in [-0.25, -0.2) is 4.98 Å². The standard InChI is InChI=1S/C17H24N4O4/c1-3-25-17(24)13-5-4-8-21(11-13)15(22)6-7-18-16(23)14-10-19-12(2)9-20-14/h9-10,13H,3-8,11H2,1-2H3,(H,18,23). The maximum Gasteiger partial charge on any atom is 0.310 e. The van der Waals surface area contributed by atoms with Gasteiger partial charge in [0.05, 0.1) is 24.4 Å². The fourth-order valence-electron chi connectivity index (χ4n) is 2.70. The van der Waals surface area contributed by atoms with Gasteiger partial charge < -0.3 is 15.0 Å². The van der Waals surface area contributed by atoms with Crippen molar-refractivity contribution in [1.82, 2.24) is 20.2 Å². The van der Waals surface area contributed by atoms with Gasteiger partial charge in [0.1, 0.15) is 5.69 Å². The number of rotatable bonds is 6. The van der Waals surface area contributed by atoms with Crippen molar-refractivity contribution in [2.24, 2.45) is 5.92 Å². The number of hydrogen-bond acceptors (Lipinski definition) is 6. The van der Waals surface area contributed by atoms with Crippen LogP contribution in [0.1, 0.15) is 42.4 Å². The van der Waals surface area contributed by atoms with Crippen LogP contribution in [0.15, 0.2) is 12.4 Å². The van der Waals surface area contributed by atoms with E-state index in [0.717, 1.165) is 18.5 Å². The molecule has 1 atom stereocenters. The van der Waals surface area contributed by atoms with Crippen molar-refractivity contribution >= 4 is 17.8 Å². The van der Waals surface area contributed by atoms with Gasteiger partial charge in [-0.15, -0.1) is 0 Å². The summed E-state index contributed by atoms with van der Waals surface area (Å²) >= 11 is 0. The van der Waals surface area contributed by atoms with Crippen LogP contribution in [0.3, 0.4) is 0 Å². The third-order valence-corrected chi connectivity index (χ3v) is 4.03. The molecule has 0 bridgehead atoms. The molecule has 0 saturated carbocycles. The van der Waals surface area contributed by atoms with Gasteiger partial charge in [0, 0.05) is 32.3 Å². The summed E-state index contributed by atoms with van der Waals surface area (Å²) in [6.07, 6.45) is 4.62. The minimum Gasteiger partial charge on any atom is -0.466 e. The van der Waals surface area contributed by atoms with Gasteiger partial charge in [0.2, 0.25) is 5.91 Å². The number of likely N-dealkylation sites (tertiary alicyclic amines) is 1. The Hall–Kier alpha value is -2.51. The molecular formula is C17H24N4O4. The van der Waals surface area contributed by atoms with Crippen molar-refractivity contribution in [2.75, 3.05) is 26.2 Å². The maximum atomic E-state index is 12.3. The topological polar surface area (TPSA) is 101 Å². The van der Waals surface area contributed by atoms with Crippen LogP contribution in [0.5, 0.6) is 0 Å². The van der Waals surface area contributed by atoms with Crippen molar-refractivity contribution in [1.29, 1.82) is 0 Å². The Morgan fingerprint density at radius 2 is 2.12 bits per heavy atom. The molecule has 1 aromatic rings. The lowest BCUT2D eigenvalue weighted by molar-refractivity contribution is -0.151. The first-order valence-electron chi connectivity index (χ1n) is 8.52. The SMILES string of the molecule is CCOC(=O)C1CCCN(C(=O)CCNC(=O)c2cnc(C)cn2)C1. The van der Waals surface area contributed by atoms with Gasteiger partial charge in [-0.3, -0.25) is 19.4 Å². The average Bonchev–Trinajstić information content (AvgIpc) is 2.62. The molecule has 1 aromatic heterocycles. The summed E-state index contributed by atoms with van der Waals surface area (Å²) in [6, 6.07) is 0. The first-order chi connectivity index (χ1) is 12.0. The van der Waals surface area contributed by atoms with Crippen LogP contribution < -0.4 is 5.32 Å². The Morgan fingerprint density at radius 3 is 2.80 bits per heavy atom. The van der Waals surface area contributed by atoms with Crippen molar-refractivity contribution in [2.45, 2.75) is 33.1 Å². The zero-order valence-corrected chi connectivity index (χ0v) is 14.7. The first kappa shape index (κ1) is 18.8. The third-order valence-electron chi connectivity index (χ3n) is 4.03. The average molecular weight is 348 g/mol. The van der Waals surface area contributed by atoms with Gasteiger partial charge >= 0.3 is 5.97 Å². The van der Waals surface area contributed by atoms with E-state index in [2.05, 4.69) is 15.3 Å². The molecule has 1 aliphatic heterocycles. The van der Waals surface area contributed by atoms with Gasteiger partial charge in [0.25, 0.3) is 5.91 Å². The molecule has 2 rings (SSSR count). The second kappa shape index (κ2) is 9.10. The molecule has 25 heavy (non-hydrogen) atoms. The minimum atomic E-state index is -0.358. The van der Waals surface area contributed by atoms with Crippen LogP contribution in [-0.2, 0) is 14.3 Å². The van der Waals surface area contributed by atoms with Crippen LogP contribution in [0.25, 0.3) is 0 Å². The first-order valence-corrected chi connectivity index (χ1v) is 8.52. The molecule has 8 nitrogen and oxygen atoms in total. The molecule has 1 fully saturated rings. The Balaban J connectivity index is 1.76. The lowest BCUT2D eigenvalue weighted by Gasteiger charge is -2.31. The summed E-state index contributed by atoms with van der Waals surface area (Å²) < 4.78 is 5.03. The van der Waals surface area contributed by atoms with Crippen LogP contribution in [-0.4, -0.2) is 58.9 Å². The summed E-state index contributed by atoms with van der Waals surface area (Å²) in [5.74, 6) is -0.936. The van der Waals surface area contributed by atoms with E-state index in [1.54, 1.807) is 18.7 Å². The van der Waals surface area contributed by atoms with Gasteiger partial charge in [-0.05, 0) is 26.7 Å². The minimum absolute atomic E-state index is 0.0794. The monoisotopic (exact) mass is 348 g/mol. The number of hydrogen-bond donors (Lipinski definition) is 1. The molecular weight excluding hydrogens is 324 g/mol. The van der Waals surface area contributed by atoms with E-state index < -0.39 is 0 Å². The van der Waals surface area contributed by atoms with E-state index in [-0.39, 0.29) is 42.4 Å². The van der Waals surface area contributed by atoms with Crippen molar-refractivity contribution in [3.8, 4) is 0 Å². The highest BCUT2D eigenvalue weighted by Crippen LogP contribution is 2.18. The highest BCUT2D eigenvalue weighted by molar-refractivity contribution is 5.92. The molecule has 8 heteroatoms. The normalized spacial score (nSPS) is 17.0. The third kappa shape index (κ3) is 5.51. The fourth-order valence-corrected chi connectivity index (χ4v) is 2.70. The Bertz CT molecular complexity index is 618. The van der Waals surface area contributed by atoms with E-state index in [1.165, 1.54) is 12.4 Å². The number of carbonyl (C=O) groups is 3. The van der Waals surface area contributed by atoms with Crippen LogP contribution in [0, 0.1) is 12.8 Å². The van der Waals surface area contributed by atoms with Crippen LogP contribution in [0.4, 0.5) is 0 Å². The number of carbonyl (C=O) groups excluding carboxylic acids is 3. The number of aryl methyl sites for hydroxylation is 1. The number of aromatic nitrogens is 2. The molecule has 1 saturated heterocycles. The number of ether oxygens (including phenoxy) is 1. The smallest absolute Gasteiger partial charge is 0.310 e. The van der Waals surface area contributed by atoms with Gasteiger partial charge in [-0.1, -0.05) is 0 Å². The Morgan fingerprint density at radius 1 is 1.32 bits per heavy atom. The molecule has 0 spiro atoms. The zero-order chi connectivity index (χ0) is 18.2. The summed E-state index contributed by atoms with van der Waals surface area (Å²) in [4.78, 5) is 45.7. The van der Waals surface area contributed by atoms with Crippen molar-refractivity contribution in [3.63, 3.8) is 0 Å². The molecule has 1 aliphatic rings. The second-order valence-corrected chi connectivity index (χ2v) is 5.98. The van der Waals surface area contributed by atoms with Gasteiger partial charge in [-0.2, -0.15) is 0 Å². The predicted octanol–water partition coefficient (Wildman–Crippen LogP) is 0.707. The summed E-state index contributed by atoms with van der Waals surface area (Å²) in [5, 5.41) is 2.66. The van der Waals surface area contributed by atoms with E-state index in [4.69, 9.17) is 4.74 Å². The van der Waals surface area contributed by atoms with E-state index in [0.29, 0.717) is 19.7 Å². The van der Waals surface area contributed by atoms with Crippen LogP contribution >= 0.6 is 0 Å². The van der Waals surface area contributed by atoms with Crippen molar-refractivity contribution < 1.29 is 19.1 Å². The Labute approximate surface area is 147 Å². The summed E-state index contributed by atoms with van der Waals surface area (Å²) in [6.45, 7) is 5.13. The zero-order valence-electron chi connectivity index (χ0n) is 14.7.